The van der Waals surface area contributed by atoms with Crippen LogP contribution < -0.4 is 5.32 Å². The summed E-state index contributed by atoms with van der Waals surface area (Å²) in [5.74, 6) is 0.716. The summed E-state index contributed by atoms with van der Waals surface area (Å²) >= 11 is 0. The molecule has 3 heterocycles. The summed E-state index contributed by atoms with van der Waals surface area (Å²) in [6.07, 6.45) is 9.38. The van der Waals surface area contributed by atoms with Gasteiger partial charge in [-0.3, -0.25) is 0 Å². The SMILES string of the molecule is c1ncn2c1C(C1CCCN1)CCC2. The number of hydrogen-bond acceptors (Lipinski definition) is 2. The third-order valence-electron chi connectivity index (χ3n) is 3.62. The van der Waals surface area contributed by atoms with Crippen molar-refractivity contribution in [2.45, 2.75) is 44.2 Å². The number of aryl methyl sites for hydroxylation is 1. The molecule has 14 heavy (non-hydrogen) atoms. The maximum absolute atomic E-state index is 4.26. The van der Waals surface area contributed by atoms with E-state index in [4.69, 9.17) is 0 Å². The summed E-state index contributed by atoms with van der Waals surface area (Å²) in [5.41, 5.74) is 1.45. The molecule has 2 aliphatic rings. The second-order valence-corrected chi connectivity index (χ2v) is 4.46. The van der Waals surface area contributed by atoms with Gasteiger partial charge >= 0.3 is 0 Å². The van der Waals surface area contributed by atoms with Gasteiger partial charge in [0.05, 0.1) is 6.33 Å². The van der Waals surface area contributed by atoms with Crippen LogP contribution in [0.25, 0.3) is 0 Å². The number of fused-ring (bicyclic) bond motifs is 1. The number of imidazole rings is 1. The van der Waals surface area contributed by atoms with Crippen LogP contribution in [0.2, 0.25) is 0 Å². The minimum Gasteiger partial charge on any atom is -0.334 e. The summed E-state index contributed by atoms with van der Waals surface area (Å²) < 4.78 is 2.33. The number of nitrogens with one attached hydrogen (secondary N) is 1. The molecule has 76 valence electrons. The number of hydrogen-bond donors (Lipinski definition) is 1. The zero-order valence-corrected chi connectivity index (χ0v) is 8.45. The Morgan fingerprint density at radius 2 is 2.36 bits per heavy atom. The number of aromatic nitrogens is 2. The predicted octanol–water partition coefficient (Wildman–Crippen LogP) is 1.51. The van der Waals surface area contributed by atoms with E-state index in [0.717, 1.165) is 0 Å². The molecule has 2 aliphatic heterocycles. The number of nitrogens with zero attached hydrogens (tertiary/aromatic N) is 2. The van der Waals surface area contributed by atoms with Crippen LogP contribution in [0.4, 0.5) is 0 Å². The molecule has 0 amide bonds. The van der Waals surface area contributed by atoms with Crippen molar-refractivity contribution in [3.63, 3.8) is 0 Å². The molecule has 0 bridgehead atoms. The molecule has 0 spiro atoms. The lowest BCUT2D eigenvalue weighted by atomic mass is 9.88. The summed E-state index contributed by atoms with van der Waals surface area (Å²) in [6, 6.07) is 0.714. The van der Waals surface area contributed by atoms with Crippen molar-refractivity contribution in [3.05, 3.63) is 18.2 Å². The molecule has 3 rings (SSSR count). The molecule has 1 saturated heterocycles. The van der Waals surface area contributed by atoms with Crippen LogP contribution in [-0.2, 0) is 6.54 Å². The van der Waals surface area contributed by atoms with Gasteiger partial charge in [0.1, 0.15) is 0 Å². The van der Waals surface area contributed by atoms with Crippen LogP contribution in [0, 0.1) is 0 Å². The Morgan fingerprint density at radius 1 is 1.36 bits per heavy atom. The van der Waals surface area contributed by atoms with Crippen LogP contribution in [0.1, 0.15) is 37.3 Å². The topological polar surface area (TPSA) is 29.9 Å². The van der Waals surface area contributed by atoms with Crippen LogP contribution in [0.15, 0.2) is 12.5 Å². The fourth-order valence-corrected chi connectivity index (χ4v) is 2.92. The lowest BCUT2D eigenvalue weighted by Crippen LogP contribution is -2.32. The molecular weight excluding hydrogens is 174 g/mol. The van der Waals surface area contributed by atoms with E-state index in [0.29, 0.717) is 12.0 Å². The van der Waals surface area contributed by atoms with Crippen molar-refractivity contribution in [2.75, 3.05) is 6.54 Å². The van der Waals surface area contributed by atoms with Crippen molar-refractivity contribution in [2.24, 2.45) is 0 Å². The van der Waals surface area contributed by atoms with Crippen molar-refractivity contribution in [1.29, 1.82) is 0 Å². The molecule has 1 N–H and O–H groups in total. The third-order valence-corrected chi connectivity index (χ3v) is 3.62. The lowest BCUT2D eigenvalue weighted by Gasteiger charge is -2.28. The van der Waals surface area contributed by atoms with Gasteiger partial charge in [0, 0.05) is 30.4 Å². The standard InChI is InChI=1S/C11H17N3/c1-4-10(13-5-1)9-3-2-6-14-8-12-7-11(9)14/h7-10,13H,1-6H2. The van der Waals surface area contributed by atoms with Crippen molar-refractivity contribution in [1.82, 2.24) is 14.9 Å². The molecule has 2 atom stereocenters. The molecule has 3 nitrogen and oxygen atoms in total. The average molecular weight is 191 g/mol. The molecule has 0 aromatic carbocycles. The Kier molecular flexibility index (Phi) is 2.05. The number of rotatable bonds is 1. The minimum absolute atomic E-state index is 0.714. The molecule has 1 aromatic heterocycles. The zero-order chi connectivity index (χ0) is 9.38. The van der Waals surface area contributed by atoms with Gasteiger partial charge in [0.2, 0.25) is 0 Å². The van der Waals surface area contributed by atoms with Crippen LogP contribution in [0.5, 0.6) is 0 Å². The molecule has 0 aliphatic carbocycles. The lowest BCUT2D eigenvalue weighted by molar-refractivity contribution is 0.380. The van der Waals surface area contributed by atoms with Crippen molar-refractivity contribution < 1.29 is 0 Å². The van der Waals surface area contributed by atoms with Gasteiger partial charge in [-0.25, -0.2) is 4.98 Å². The van der Waals surface area contributed by atoms with Gasteiger partial charge in [-0.15, -0.1) is 0 Å². The van der Waals surface area contributed by atoms with Gasteiger partial charge in [0.15, 0.2) is 0 Å². The highest BCUT2D eigenvalue weighted by molar-refractivity contribution is 5.12. The fourth-order valence-electron chi connectivity index (χ4n) is 2.92. The second kappa shape index (κ2) is 3.39. The quantitative estimate of drug-likeness (QED) is 0.729. The summed E-state index contributed by atoms with van der Waals surface area (Å²) in [6.45, 7) is 2.37. The van der Waals surface area contributed by atoms with E-state index in [2.05, 4.69) is 21.1 Å². The summed E-state index contributed by atoms with van der Waals surface area (Å²) in [4.78, 5) is 4.26. The second-order valence-electron chi connectivity index (χ2n) is 4.46. The summed E-state index contributed by atoms with van der Waals surface area (Å²) in [5, 5.41) is 3.62. The first-order chi connectivity index (χ1) is 6.95. The first-order valence-electron chi connectivity index (χ1n) is 5.68. The predicted molar refractivity (Wildman–Crippen MR) is 55.2 cm³/mol. The van der Waals surface area contributed by atoms with E-state index in [-0.39, 0.29) is 0 Å². The minimum atomic E-state index is 0.714. The molecule has 2 unspecified atom stereocenters. The van der Waals surface area contributed by atoms with E-state index in [1.807, 2.05) is 6.33 Å². The van der Waals surface area contributed by atoms with E-state index in [1.165, 1.54) is 44.5 Å². The molecule has 0 saturated carbocycles. The smallest absolute Gasteiger partial charge is 0.0948 e. The Balaban J connectivity index is 1.88. The normalized spacial score (nSPS) is 31.7. The molecule has 1 aromatic rings. The molecular formula is C11H17N3. The van der Waals surface area contributed by atoms with Gasteiger partial charge < -0.3 is 9.88 Å². The first-order valence-corrected chi connectivity index (χ1v) is 5.68. The van der Waals surface area contributed by atoms with Gasteiger partial charge in [-0.2, -0.15) is 0 Å². The monoisotopic (exact) mass is 191 g/mol. The summed E-state index contributed by atoms with van der Waals surface area (Å²) in [7, 11) is 0. The Bertz CT molecular complexity index is 312. The van der Waals surface area contributed by atoms with E-state index < -0.39 is 0 Å². The zero-order valence-electron chi connectivity index (χ0n) is 8.45. The average Bonchev–Trinajstić information content (AvgIpc) is 2.88. The van der Waals surface area contributed by atoms with Gasteiger partial charge in [-0.1, -0.05) is 0 Å². The Labute approximate surface area is 84.5 Å². The van der Waals surface area contributed by atoms with Gasteiger partial charge in [-0.05, 0) is 32.2 Å². The highest BCUT2D eigenvalue weighted by atomic mass is 15.1. The van der Waals surface area contributed by atoms with Crippen LogP contribution in [-0.4, -0.2) is 22.1 Å². The van der Waals surface area contributed by atoms with E-state index in [9.17, 15) is 0 Å². The highest BCUT2D eigenvalue weighted by Crippen LogP contribution is 2.32. The molecule has 0 radical (unpaired) electrons. The van der Waals surface area contributed by atoms with E-state index in [1.54, 1.807) is 0 Å². The molecule has 3 heteroatoms. The Hall–Kier alpha value is -0.830. The van der Waals surface area contributed by atoms with Gasteiger partial charge in [0.25, 0.3) is 0 Å². The third kappa shape index (κ3) is 1.27. The Morgan fingerprint density at radius 3 is 3.21 bits per heavy atom. The van der Waals surface area contributed by atoms with Crippen molar-refractivity contribution >= 4 is 0 Å². The van der Waals surface area contributed by atoms with E-state index >= 15 is 0 Å². The first kappa shape index (κ1) is 8.48. The highest BCUT2D eigenvalue weighted by Gasteiger charge is 2.29. The van der Waals surface area contributed by atoms with Crippen LogP contribution in [0.3, 0.4) is 0 Å². The molecule has 1 fully saturated rings. The van der Waals surface area contributed by atoms with Crippen molar-refractivity contribution in [3.8, 4) is 0 Å². The fraction of sp³-hybridized carbons (Fsp3) is 0.727. The maximum Gasteiger partial charge on any atom is 0.0948 e. The maximum atomic E-state index is 4.26. The largest absolute Gasteiger partial charge is 0.334 e. The van der Waals surface area contributed by atoms with Crippen LogP contribution >= 0.6 is 0 Å².